The Hall–Kier alpha value is -6.09. The predicted octanol–water partition coefficient (Wildman–Crippen LogP) is 5.70. The molecular weight excluding hydrogens is 785 g/mol. The zero-order valence-electron chi connectivity index (χ0n) is 35.7. The number of aliphatic imine (C=N–C) groups is 1. The van der Waals surface area contributed by atoms with E-state index >= 15 is 0 Å². The number of anilines is 2. The molecule has 14 heteroatoms. The second-order valence-electron chi connectivity index (χ2n) is 16.1. The molecule has 326 valence electrons. The van der Waals surface area contributed by atoms with Crippen molar-refractivity contribution in [3.63, 3.8) is 0 Å². The Morgan fingerprint density at radius 2 is 1.68 bits per heavy atom. The van der Waals surface area contributed by atoms with E-state index in [4.69, 9.17) is 14.5 Å². The van der Waals surface area contributed by atoms with Crippen LogP contribution in [-0.4, -0.2) is 111 Å². The number of nitrogens with one attached hydrogen (secondary N) is 4. The van der Waals surface area contributed by atoms with Crippen LogP contribution < -0.4 is 30.9 Å². The highest BCUT2D eigenvalue weighted by Crippen LogP contribution is 2.28. The van der Waals surface area contributed by atoms with Crippen LogP contribution in [0.25, 0.3) is 0 Å². The van der Waals surface area contributed by atoms with Gasteiger partial charge in [0.25, 0.3) is 5.91 Å². The number of rotatable bonds is 16. The van der Waals surface area contributed by atoms with Gasteiger partial charge in [-0.1, -0.05) is 61.0 Å². The van der Waals surface area contributed by atoms with E-state index in [0.29, 0.717) is 67.3 Å². The number of ether oxygens (including phenoxy) is 2. The number of piperazine rings is 1. The summed E-state index contributed by atoms with van der Waals surface area (Å²) in [4.78, 5) is 64.8. The van der Waals surface area contributed by atoms with E-state index in [-0.39, 0.29) is 17.9 Å². The number of fused-ring (bicyclic) bond motifs is 1. The van der Waals surface area contributed by atoms with Crippen LogP contribution >= 0.6 is 0 Å². The predicted molar refractivity (Wildman–Crippen MR) is 241 cm³/mol. The first kappa shape index (κ1) is 44.0. The summed E-state index contributed by atoms with van der Waals surface area (Å²) < 4.78 is 12.2. The number of aryl methyl sites for hydroxylation is 1. The second kappa shape index (κ2) is 21.6. The number of esters is 1. The van der Waals surface area contributed by atoms with Gasteiger partial charge in [0.05, 0.1) is 23.6 Å². The van der Waals surface area contributed by atoms with Gasteiger partial charge in [-0.2, -0.15) is 0 Å². The molecule has 2 fully saturated rings. The molecular formula is C48H58N8O6. The van der Waals surface area contributed by atoms with Crippen LogP contribution in [-0.2, 0) is 20.9 Å². The first-order chi connectivity index (χ1) is 30.2. The van der Waals surface area contributed by atoms with E-state index < -0.39 is 30.3 Å². The number of piperidine rings is 1. The van der Waals surface area contributed by atoms with Gasteiger partial charge >= 0.3 is 12.0 Å². The number of carbonyl (C=O) groups excluding carboxylic acids is 4. The molecule has 3 heterocycles. The molecule has 3 aliphatic rings. The van der Waals surface area contributed by atoms with E-state index in [1.54, 1.807) is 31.3 Å². The molecule has 2 saturated heterocycles. The maximum absolute atomic E-state index is 13.9. The molecule has 2 unspecified atom stereocenters. The number of hydrogen-bond acceptors (Lipinski definition) is 10. The monoisotopic (exact) mass is 842 g/mol. The van der Waals surface area contributed by atoms with Crippen molar-refractivity contribution in [2.45, 2.75) is 64.4 Å². The van der Waals surface area contributed by atoms with Crippen LogP contribution in [0.15, 0.2) is 102 Å². The number of nitrogens with zero attached hydrogens (tertiary/aromatic N) is 4. The topological polar surface area (TPSA) is 157 Å². The molecule has 0 spiro atoms. The van der Waals surface area contributed by atoms with Crippen LogP contribution in [0.3, 0.4) is 0 Å². The van der Waals surface area contributed by atoms with Crippen LogP contribution in [0.4, 0.5) is 16.2 Å². The van der Waals surface area contributed by atoms with E-state index in [0.717, 1.165) is 44.0 Å². The molecule has 4 aromatic rings. The van der Waals surface area contributed by atoms with Gasteiger partial charge in [0.2, 0.25) is 12.1 Å². The van der Waals surface area contributed by atoms with Crippen molar-refractivity contribution >= 4 is 40.9 Å². The zero-order valence-corrected chi connectivity index (χ0v) is 35.7. The van der Waals surface area contributed by atoms with Gasteiger partial charge < -0.3 is 35.6 Å². The first-order valence-electron chi connectivity index (χ1n) is 21.8. The van der Waals surface area contributed by atoms with Crippen molar-refractivity contribution in [3.8, 4) is 5.75 Å². The number of benzene rings is 4. The van der Waals surface area contributed by atoms with Gasteiger partial charge in [-0.3, -0.25) is 19.4 Å². The normalized spacial score (nSPS) is 17.5. The molecule has 0 radical (unpaired) electrons. The molecule has 4 N–H and O–H groups in total. The molecule has 4 amide bonds. The molecule has 0 bridgehead atoms. The number of hydrogen-bond donors (Lipinski definition) is 4. The molecule has 14 nitrogen and oxygen atoms in total. The molecule has 0 aromatic heterocycles. The third-order valence-electron chi connectivity index (χ3n) is 11.3. The van der Waals surface area contributed by atoms with Crippen LogP contribution in [0.1, 0.15) is 71.1 Å². The maximum atomic E-state index is 13.9. The minimum atomic E-state index is -1.26. The molecule has 0 aliphatic carbocycles. The minimum absolute atomic E-state index is 0.119. The maximum Gasteiger partial charge on any atom is 0.339 e. The van der Waals surface area contributed by atoms with Crippen molar-refractivity contribution in [3.05, 3.63) is 125 Å². The third-order valence-corrected chi connectivity index (χ3v) is 11.3. The molecule has 0 saturated carbocycles. The number of para-hydroxylation sites is 1. The Bertz CT molecular complexity index is 2220. The number of urea groups is 1. The van der Waals surface area contributed by atoms with Crippen molar-refractivity contribution in [2.75, 3.05) is 69.7 Å². The smallest absolute Gasteiger partial charge is 0.339 e. The highest BCUT2D eigenvalue weighted by molar-refractivity contribution is 6.20. The Morgan fingerprint density at radius 3 is 2.50 bits per heavy atom. The van der Waals surface area contributed by atoms with Gasteiger partial charge in [0.1, 0.15) is 5.75 Å². The van der Waals surface area contributed by atoms with E-state index in [1.165, 1.54) is 29.7 Å². The van der Waals surface area contributed by atoms with Crippen molar-refractivity contribution in [2.24, 2.45) is 4.99 Å². The van der Waals surface area contributed by atoms with E-state index in [1.807, 2.05) is 67.6 Å². The van der Waals surface area contributed by atoms with Gasteiger partial charge in [0, 0.05) is 76.0 Å². The fraction of sp³-hybridized carbons (Fsp3) is 0.396. The summed E-state index contributed by atoms with van der Waals surface area (Å²) >= 11 is 0. The van der Waals surface area contributed by atoms with Gasteiger partial charge in [-0.05, 0) is 92.9 Å². The molecule has 3 aliphatic heterocycles. The van der Waals surface area contributed by atoms with Crippen molar-refractivity contribution in [1.82, 2.24) is 25.8 Å². The highest BCUT2D eigenvalue weighted by Gasteiger charge is 2.32. The van der Waals surface area contributed by atoms with Crippen molar-refractivity contribution in [1.29, 1.82) is 0 Å². The average molecular weight is 843 g/mol. The summed E-state index contributed by atoms with van der Waals surface area (Å²) in [5.74, 6) is -0.253. The highest BCUT2D eigenvalue weighted by atomic mass is 16.6. The first-order valence-corrected chi connectivity index (χ1v) is 21.8. The molecule has 62 heavy (non-hydrogen) atoms. The SMILES string of the molecule is Cc1cccc(NC(=O)NC2N=C(c3cccc(C(=O)OC(CCC(=O)NCCCOc4cccc(CN5CCCCC5)c4)N4CCNCC4)c3)c3ccccc3N(C)C2=O)c1. The number of amides is 4. The summed E-state index contributed by atoms with van der Waals surface area (Å²) in [5.41, 5.74) is 5.34. The number of likely N-dealkylation sites (N-methyl/N-ethyl adjacent to an activating group) is 1. The lowest BCUT2D eigenvalue weighted by atomic mass is 9.98. The van der Waals surface area contributed by atoms with E-state index in [9.17, 15) is 19.2 Å². The van der Waals surface area contributed by atoms with Crippen LogP contribution in [0.2, 0.25) is 0 Å². The fourth-order valence-corrected chi connectivity index (χ4v) is 8.07. The second-order valence-corrected chi connectivity index (χ2v) is 16.1. The van der Waals surface area contributed by atoms with Crippen LogP contribution in [0, 0.1) is 6.92 Å². The third kappa shape index (κ3) is 12.1. The Morgan fingerprint density at radius 1 is 0.887 bits per heavy atom. The lowest BCUT2D eigenvalue weighted by Gasteiger charge is -2.34. The Labute approximate surface area is 364 Å². The summed E-state index contributed by atoms with van der Waals surface area (Å²) in [6, 6.07) is 29.3. The fourth-order valence-electron chi connectivity index (χ4n) is 8.07. The zero-order chi connectivity index (χ0) is 43.3. The molecule has 2 atom stereocenters. The Kier molecular flexibility index (Phi) is 15.3. The summed E-state index contributed by atoms with van der Waals surface area (Å²) in [6.45, 7) is 8.91. The van der Waals surface area contributed by atoms with Gasteiger partial charge in [-0.15, -0.1) is 0 Å². The average Bonchev–Trinajstić information content (AvgIpc) is 3.39. The standard InChI is InChI=1S/C48H58N8O6/c1-34-12-8-16-38(30-34)51-48(60)53-45-46(58)54(2)41-19-5-4-18-40(41)44(52-45)36-14-10-15-37(32-36)47(59)62-43(56-27-23-49-24-28-56)21-20-42(57)50-22-11-29-61-39-17-9-13-35(31-39)33-55-25-6-3-7-26-55/h4-5,8-10,12-19,30-32,43,45,49H,3,6-7,11,20-29,33H2,1-2H3,(H,50,57)(H2,51,53,60). The number of carbonyl (C=O) groups is 4. The minimum Gasteiger partial charge on any atom is -0.494 e. The number of benzodiazepines with no additional fused rings is 1. The summed E-state index contributed by atoms with van der Waals surface area (Å²) in [6.07, 6.45) is 3.12. The van der Waals surface area contributed by atoms with Crippen LogP contribution in [0.5, 0.6) is 5.75 Å². The number of likely N-dealkylation sites (tertiary alicyclic amines) is 1. The summed E-state index contributed by atoms with van der Waals surface area (Å²) in [5, 5.41) is 11.9. The van der Waals surface area contributed by atoms with Crippen molar-refractivity contribution < 1.29 is 28.7 Å². The van der Waals surface area contributed by atoms with E-state index in [2.05, 4.69) is 43.2 Å². The molecule has 4 aromatic carbocycles. The summed E-state index contributed by atoms with van der Waals surface area (Å²) in [7, 11) is 1.64. The Balaban J connectivity index is 0.970. The lowest BCUT2D eigenvalue weighted by molar-refractivity contribution is -0.123. The molecule has 7 rings (SSSR count). The quantitative estimate of drug-likeness (QED) is 0.0822. The lowest BCUT2D eigenvalue weighted by Crippen LogP contribution is -2.50. The van der Waals surface area contributed by atoms with Gasteiger partial charge in [-0.25, -0.2) is 14.6 Å². The largest absolute Gasteiger partial charge is 0.494 e. The van der Waals surface area contributed by atoms with Gasteiger partial charge in [0.15, 0.2) is 6.23 Å².